The standard InChI is InChI=1S/C4H7N4O/c5-6-4-2-1-3-8(9)7-4/h1-3,6-7H,5H2/q-1. The zero-order valence-electron chi connectivity index (χ0n) is 4.66. The van der Waals surface area contributed by atoms with E-state index >= 15 is 0 Å². The predicted molar refractivity (Wildman–Crippen MR) is 32.9 cm³/mol. The molecule has 0 atom stereocenters. The average Bonchev–Trinajstić information content (AvgIpc) is 1.88. The predicted octanol–water partition coefficient (Wildman–Crippen LogP) is -0.877. The topological polar surface area (TPSA) is 76.4 Å². The lowest BCUT2D eigenvalue weighted by Crippen LogP contribution is -2.38. The number of nitrogens with zero attached hydrogens (tertiary/aromatic N) is 1. The second kappa shape index (κ2) is 2.38. The van der Waals surface area contributed by atoms with Crippen molar-refractivity contribution in [3.63, 3.8) is 0 Å². The van der Waals surface area contributed by atoms with E-state index in [0.29, 0.717) is 11.0 Å². The zero-order valence-corrected chi connectivity index (χ0v) is 4.66. The van der Waals surface area contributed by atoms with Crippen molar-refractivity contribution in [3.05, 3.63) is 29.4 Å². The van der Waals surface area contributed by atoms with Crippen molar-refractivity contribution in [3.8, 4) is 0 Å². The van der Waals surface area contributed by atoms with Crippen molar-refractivity contribution < 1.29 is 0 Å². The minimum atomic E-state index is 0.479. The van der Waals surface area contributed by atoms with Crippen LogP contribution in [0.5, 0.6) is 0 Å². The molecule has 0 aromatic rings. The molecule has 0 bridgehead atoms. The third-order valence-electron chi connectivity index (χ3n) is 0.870. The van der Waals surface area contributed by atoms with E-state index in [0.717, 1.165) is 0 Å². The minimum absolute atomic E-state index is 0.479. The summed E-state index contributed by atoms with van der Waals surface area (Å²) in [5, 5.41) is 11.0. The molecule has 0 saturated carbocycles. The molecule has 0 aromatic heterocycles. The summed E-state index contributed by atoms with van der Waals surface area (Å²) >= 11 is 0. The number of nitrogens with two attached hydrogens (primary N) is 1. The van der Waals surface area contributed by atoms with Gasteiger partial charge in [-0.05, 0) is 12.2 Å². The normalized spacial score (nSPS) is 16.7. The summed E-state index contributed by atoms with van der Waals surface area (Å²) in [6.45, 7) is 0. The second-order valence-electron chi connectivity index (χ2n) is 1.50. The van der Waals surface area contributed by atoms with Crippen LogP contribution in [0.25, 0.3) is 0 Å². The van der Waals surface area contributed by atoms with E-state index in [4.69, 9.17) is 5.84 Å². The minimum Gasteiger partial charge on any atom is -0.739 e. The maximum absolute atomic E-state index is 10.4. The van der Waals surface area contributed by atoms with Crippen LogP contribution >= 0.6 is 0 Å². The number of allylic oxidation sites excluding steroid dienone is 2. The third-order valence-corrected chi connectivity index (χ3v) is 0.870. The molecule has 0 aromatic carbocycles. The molecule has 0 saturated heterocycles. The molecule has 0 unspecified atom stereocenters. The molecule has 1 rings (SSSR count). The molecule has 1 heterocycles. The van der Waals surface area contributed by atoms with Gasteiger partial charge < -0.3 is 15.8 Å². The van der Waals surface area contributed by atoms with Crippen molar-refractivity contribution >= 4 is 0 Å². The van der Waals surface area contributed by atoms with Crippen LogP contribution in [0.2, 0.25) is 0 Å². The van der Waals surface area contributed by atoms with E-state index in [1.165, 1.54) is 6.20 Å². The first kappa shape index (κ1) is 5.93. The molecule has 0 fully saturated rings. The highest BCUT2D eigenvalue weighted by atomic mass is 16.5. The van der Waals surface area contributed by atoms with Gasteiger partial charge in [0.25, 0.3) is 0 Å². The monoisotopic (exact) mass is 127 g/mol. The molecule has 0 amide bonds. The van der Waals surface area contributed by atoms with Gasteiger partial charge in [0.1, 0.15) is 5.82 Å². The lowest BCUT2D eigenvalue weighted by atomic mass is 10.5. The van der Waals surface area contributed by atoms with E-state index in [9.17, 15) is 5.21 Å². The lowest BCUT2D eigenvalue weighted by molar-refractivity contribution is 0.391. The van der Waals surface area contributed by atoms with Gasteiger partial charge in [-0.2, -0.15) is 0 Å². The van der Waals surface area contributed by atoms with Crippen LogP contribution in [-0.4, -0.2) is 5.17 Å². The van der Waals surface area contributed by atoms with Crippen LogP contribution in [0.1, 0.15) is 0 Å². The maximum Gasteiger partial charge on any atom is 0.131 e. The maximum atomic E-state index is 10.4. The van der Waals surface area contributed by atoms with Gasteiger partial charge in [-0.1, -0.05) is 0 Å². The summed E-state index contributed by atoms with van der Waals surface area (Å²) in [5.41, 5.74) is 4.67. The first-order valence-electron chi connectivity index (χ1n) is 2.41. The fourth-order valence-corrected chi connectivity index (χ4v) is 0.491. The van der Waals surface area contributed by atoms with E-state index < -0.39 is 0 Å². The molecule has 4 N–H and O–H groups in total. The highest BCUT2D eigenvalue weighted by Crippen LogP contribution is 1.93. The molecular formula is C4H7N4O-. The van der Waals surface area contributed by atoms with Crippen molar-refractivity contribution in [1.82, 2.24) is 16.0 Å². The van der Waals surface area contributed by atoms with Crippen LogP contribution in [-0.2, 0) is 0 Å². The Hall–Kier alpha value is -1.20. The summed E-state index contributed by atoms with van der Waals surface area (Å²) in [6.07, 6.45) is 4.56. The highest BCUT2D eigenvalue weighted by Gasteiger charge is 1.92. The Morgan fingerprint density at radius 3 is 3.00 bits per heavy atom. The Morgan fingerprint density at radius 2 is 2.56 bits per heavy atom. The Labute approximate surface area is 52.3 Å². The second-order valence-corrected chi connectivity index (χ2v) is 1.50. The number of rotatable bonds is 1. The molecule has 0 spiro atoms. The Kier molecular flexibility index (Phi) is 1.57. The number of hydrogen-bond donors (Lipinski definition) is 3. The first-order valence-corrected chi connectivity index (χ1v) is 2.41. The molecule has 1 aliphatic heterocycles. The quantitative estimate of drug-likeness (QED) is 0.315. The van der Waals surface area contributed by atoms with Crippen LogP contribution < -0.4 is 16.7 Å². The fourth-order valence-electron chi connectivity index (χ4n) is 0.491. The number of hydrazine groups is 2. The molecule has 0 radical (unpaired) electrons. The highest BCUT2D eigenvalue weighted by molar-refractivity contribution is 5.12. The molecule has 5 heteroatoms. The van der Waals surface area contributed by atoms with Crippen LogP contribution in [0.4, 0.5) is 0 Å². The van der Waals surface area contributed by atoms with Crippen molar-refractivity contribution in [1.29, 1.82) is 0 Å². The Balaban J connectivity index is 2.55. The van der Waals surface area contributed by atoms with Gasteiger partial charge >= 0.3 is 0 Å². The first-order chi connectivity index (χ1) is 4.33. The van der Waals surface area contributed by atoms with Crippen LogP contribution in [0, 0.1) is 5.21 Å². The van der Waals surface area contributed by atoms with Crippen molar-refractivity contribution in [2.24, 2.45) is 5.84 Å². The Bertz CT molecular complexity index is 153. The van der Waals surface area contributed by atoms with Gasteiger partial charge in [0.05, 0.1) is 0 Å². The molecule has 1 aliphatic rings. The largest absolute Gasteiger partial charge is 0.739 e. The van der Waals surface area contributed by atoms with Crippen molar-refractivity contribution in [2.75, 3.05) is 0 Å². The number of hydroxylamine groups is 1. The van der Waals surface area contributed by atoms with Crippen LogP contribution in [0.3, 0.4) is 0 Å². The van der Waals surface area contributed by atoms with Gasteiger partial charge in [-0.3, -0.25) is 5.43 Å². The number of nitrogens with one attached hydrogen (secondary N) is 2. The summed E-state index contributed by atoms with van der Waals surface area (Å²) in [4.78, 5) is 0. The van der Waals surface area contributed by atoms with Crippen LogP contribution in [0.15, 0.2) is 24.2 Å². The zero-order chi connectivity index (χ0) is 6.69. The molecule has 0 aliphatic carbocycles. The summed E-state index contributed by atoms with van der Waals surface area (Å²) in [5.74, 6) is 5.46. The van der Waals surface area contributed by atoms with E-state index in [1.807, 2.05) is 0 Å². The Morgan fingerprint density at radius 1 is 1.78 bits per heavy atom. The average molecular weight is 127 g/mol. The summed E-state index contributed by atoms with van der Waals surface area (Å²) < 4.78 is 0. The SMILES string of the molecule is NNC1=CC=CN([O-])N1. The summed E-state index contributed by atoms with van der Waals surface area (Å²) in [7, 11) is 0. The molecule has 50 valence electrons. The molecule has 9 heavy (non-hydrogen) atoms. The lowest BCUT2D eigenvalue weighted by Gasteiger charge is -2.30. The van der Waals surface area contributed by atoms with E-state index in [1.54, 1.807) is 12.2 Å². The van der Waals surface area contributed by atoms with E-state index in [2.05, 4.69) is 10.9 Å². The van der Waals surface area contributed by atoms with Gasteiger partial charge in [0.15, 0.2) is 0 Å². The van der Waals surface area contributed by atoms with Gasteiger partial charge in [0.2, 0.25) is 0 Å². The molecular weight excluding hydrogens is 120 g/mol. The van der Waals surface area contributed by atoms with E-state index in [-0.39, 0.29) is 0 Å². The smallest absolute Gasteiger partial charge is 0.131 e. The van der Waals surface area contributed by atoms with Gasteiger partial charge in [-0.25, -0.2) is 5.84 Å². The van der Waals surface area contributed by atoms with Crippen molar-refractivity contribution in [2.45, 2.75) is 0 Å². The molecule has 5 nitrogen and oxygen atoms in total. The third kappa shape index (κ3) is 1.34. The van der Waals surface area contributed by atoms with Gasteiger partial charge in [0, 0.05) is 6.20 Å². The van der Waals surface area contributed by atoms with Gasteiger partial charge in [-0.15, -0.1) is 0 Å². The summed E-state index contributed by atoms with van der Waals surface area (Å²) in [6, 6.07) is 0. The fraction of sp³-hybridized carbons (Fsp3) is 0. The number of hydrogen-bond acceptors (Lipinski definition) is 5.